The molecule has 1 heterocycles. The number of rotatable bonds is 13. The van der Waals surface area contributed by atoms with Crippen molar-refractivity contribution in [1.29, 1.82) is 0 Å². The number of thiophene rings is 1. The van der Waals surface area contributed by atoms with E-state index in [0.29, 0.717) is 15.3 Å². The first-order chi connectivity index (χ1) is 22.3. The van der Waals surface area contributed by atoms with Crippen LogP contribution >= 0.6 is 22.9 Å². The molecule has 0 spiro atoms. The van der Waals surface area contributed by atoms with Crippen LogP contribution in [0.4, 0.5) is 5.69 Å². The molecule has 1 aromatic heterocycles. The average Bonchev–Trinajstić information content (AvgIpc) is 3.48. The van der Waals surface area contributed by atoms with E-state index in [1.54, 1.807) is 12.1 Å². The minimum absolute atomic E-state index is 0.00392. The van der Waals surface area contributed by atoms with Gasteiger partial charge in [0.05, 0.1) is 32.3 Å². The van der Waals surface area contributed by atoms with E-state index < -0.39 is 45.1 Å². The average molecular weight is 715 g/mol. The van der Waals surface area contributed by atoms with E-state index in [2.05, 4.69) is 0 Å². The van der Waals surface area contributed by atoms with Gasteiger partial charge in [-0.15, -0.1) is 11.3 Å². The fourth-order valence-corrected chi connectivity index (χ4v) is 9.13. The molecule has 0 saturated heterocycles. The summed E-state index contributed by atoms with van der Waals surface area (Å²) in [6.07, 6.45) is 0. The van der Waals surface area contributed by atoms with Crippen LogP contribution in [0.1, 0.15) is 4.88 Å². The number of nitrogens with zero attached hydrogens (tertiary/aromatic N) is 2. The molecule has 2 N–H and O–H groups in total. The lowest BCUT2D eigenvalue weighted by molar-refractivity contribution is -0.137. The van der Waals surface area contributed by atoms with Gasteiger partial charge in [0.15, 0.2) is 0 Å². The van der Waals surface area contributed by atoms with Gasteiger partial charge in [-0.25, -0.2) is 16.8 Å². The van der Waals surface area contributed by atoms with Crippen LogP contribution in [0, 0.1) is 0 Å². The number of fused-ring (bicyclic) bond motifs is 1. The number of halogens is 1. The number of methoxy groups -OCH3 is 1. The first-order valence-corrected chi connectivity index (χ1v) is 17.9. The van der Waals surface area contributed by atoms with E-state index in [1.165, 1.54) is 61.7 Å². The molecular weight excluding hydrogens is 688 g/mol. The summed E-state index contributed by atoms with van der Waals surface area (Å²) in [4.78, 5) is 23.7. The fraction of sp³-hybridized carbons (Fsp3) is 0.125. The van der Waals surface area contributed by atoms with E-state index in [1.807, 2.05) is 30.3 Å². The molecule has 5 aromatic rings. The monoisotopic (exact) mass is 714 g/mol. The summed E-state index contributed by atoms with van der Waals surface area (Å²) in [7, 11) is -7.31. The molecule has 0 aliphatic carbocycles. The van der Waals surface area contributed by atoms with Crippen molar-refractivity contribution in [3.8, 4) is 16.9 Å². The van der Waals surface area contributed by atoms with Crippen molar-refractivity contribution in [2.75, 3.05) is 24.5 Å². The second-order valence-corrected chi connectivity index (χ2v) is 15.5. The van der Waals surface area contributed by atoms with Crippen molar-refractivity contribution in [1.82, 2.24) is 4.31 Å². The molecule has 15 heteroatoms. The van der Waals surface area contributed by atoms with Crippen molar-refractivity contribution in [2.45, 2.75) is 16.3 Å². The summed E-state index contributed by atoms with van der Waals surface area (Å²) in [5, 5.41) is 19.8. The normalized spacial score (nSPS) is 11.9. The van der Waals surface area contributed by atoms with Gasteiger partial charge in [-0.3, -0.25) is 13.9 Å². The molecule has 47 heavy (non-hydrogen) atoms. The molecule has 0 amide bonds. The zero-order chi connectivity index (χ0) is 33.9. The third kappa shape index (κ3) is 7.26. The van der Waals surface area contributed by atoms with Crippen LogP contribution in [-0.2, 0) is 36.2 Å². The molecule has 0 unspecified atom stereocenters. The lowest BCUT2D eigenvalue weighted by Crippen LogP contribution is -2.36. The zero-order valence-electron chi connectivity index (χ0n) is 24.6. The van der Waals surface area contributed by atoms with E-state index in [9.17, 15) is 36.6 Å². The van der Waals surface area contributed by atoms with Gasteiger partial charge in [0, 0.05) is 16.8 Å². The van der Waals surface area contributed by atoms with Crippen molar-refractivity contribution >= 4 is 70.7 Å². The maximum Gasteiger partial charge on any atom is 0.324 e. The molecule has 0 saturated carbocycles. The molecule has 5 rings (SSSR count). The Hall–Kier alpha value is -4.47. The Balaban J connectivity index is 1.55. The first kappa shape index (κ1) is 33.9. The number of carbonyl (C=O) groups is 2. The van der Waals surface area contributed by atoms with Crippen LogP contribution in [0.2, 0.25) is 5.02 Å². The summed E-state index contributed by atoms with van der Waals surface area (Å²) in [5.41, 5.74) is 1.64. The van der Waals surface area contributed by atoms with E-state index >= 15 is 0 Å². The molecule has 0 atom stereocenters. The Morgan fingerprint density at radius 2 is 1.34 bits per heavy atom. The number of carboxylic acid groups (broad SMARTS) is 2. The SMILES string of the molecule is COc1ccc(S(=O)(=O)N(CC(=O)O)Cc2cc3c(N(CC(=O)O)S(=O)(=O)c4ccc(-c5ccccc5)cc4)ccc(Cl)c3s2)cc1. The fourth-order valence-electron chi connectivity index (χ4n) is 4.87. The molecule has 11 nitrogen and oxygen atoms in total. The molecule has 244 valence electrons. The van der Waals surface area contributed by atoms with E-state index in [-0.39, 0.29) is 32.4 Å². The summed E-state index contributed by atoms with van der Waals surface area (Å²) in [5.74, 6) is -2.39. The molecule has 0 aliphatic heterocycles. The number of anilines is 1. The topological polar surface area (TPSA) is 159 Å². The van der Waals surface area contributed by atoms with Crippen molar-refractivity contribution < 1.29 is 41.4 Å². The quantitative estimate of drug-likeness (QED) is 0.154. The second kappa shape index (κ2) is 13.7. The molecule has 0 aliphatic rings. The lowest BCUT2D eigenvalue weighted by atomic mass is 10.1. The standard InChI is InChI=1S/C32H27ClN2O9S3/c1-44-23-9-13-25(14-10-23)46(40,41)34(19-30(36)37)18-24-17-27-29(16-15-28(33)32(27)45-24)35(20-31(38)39)47(42,43)26-11-7-22(8-12-26)21-5-3-2-4-6-21/h2-17H,18-20H2,1H3,(H,36,37)(H,38,39). The van der Waals surface area contributed by atoms with E-state index in [0.717, 1.165) is 31.1 Å². The number of ether oxygens (including phenoxy) is 1. The van der Waals surface area contributed by atoms with Gasteiger partial charge in [-0.1, -0.05) is 54.1 Å². The minimum Gasteiger partial charge on any atom is -0.497 e. The lowest BCUT2D eigenvalue weighted by Gasteiger charge is -2.24. The number of benzene rings is 4. The number of hydrogen-bond acceptors (Lipinski definition) is 8. The van der Waals surface area contributed by atoms with Crippen molar-refractivity contribution in [3.05, 3.63) is 107 Å². The van der Waals surface area contributed by atoms with Crippen molar-refractivity contribution in [3.63, 3.8) is 0 Å². The Kier molecular flexibility index (Phi) is 9.89. The zero-order valence-corrected chi connectivity index (χ0v) is 27.8. The molecular formula is C32H27ClN2O9S3. The molecule has 0 fully saturated rings. The second-order valence-electron chi connectivity index (χ2n) is 10.2. The summed E-state index contributed by atoms with van der Waals surface area (Å²) < 4.78 is 61.9. The van der Waals surface area contributed by atoms with Crippen LogP contribution in [0.25, 0.3) is 21.2 Å². The van der Waals surface area contributed by atoms with Crippen LogP contribution < -0.4 is 9.04 Å². The first-order valence-electron chi connectivity index (χ1n) is 13.8. The van der Waals surface area contributed by atoms with Gasteiger partial charge >= 0.3 is 11.9 Å². The van der Waals surface area contributed by atoms with Crippen molar-refractivity contribution in [2.24, 2.45) is 0 Å². The smallest absolute Gasteiger partial charge is 0.324 e. The third-order valence-corrected chi connectivity index (χ3v) is 12.3. The van der Waals surface area contributed by atoms with Gasteiger partial charge in [0.2, 0.25) is 10.0 Å². The maximum absolute atomic E-state index is 14.0. The highest BCUT2D eigenvalue weighted by molar-refractivity contribution is 7.93. The maximum atomic E-state index is 14.0. The Morgan fingerprint density at radius 3 is 1.94 bits per heavy atom. The summed E-state index contributed by atoms with van der Waals surface area (Å²) in [6, 6.07) is 25.1. The molecule has 4 aromatic carbocycles. The highest BCUT2D eigenvalue weighted by atomic mass is 35.5. The summed E-state index contributed by atoms with van der Waals surface area (Å²) in [6.45, 7) is -2.16. The Labute approximate surface area is 279 Å². The highest BCUT2D eigenvalue weighted by Gasteiger charge is 2.31. The van der Waals surface area contributed by atoms with Gasteiger partial charge in [0.1, 0.15) is 18.8 Å². The van der Waals surface area contributed by atoms with Crippen LogP contribution in [0.5, 0.6) is 5.75 Å². The van der Waals surface area contributed by atoms with Crippen LogP contribution in [0.15, 0.2) is 107 Å². The minimum atomic E-state index is -4.43. The summed E-state index contributed by atoms with van der Waals surface area (Å²) >= 11 is 7.52. The number of sulfonamides is 2. The van der Waals surface area contributed by atoms with Crippen LogP contribution in [0.3, 0.4) is 0 Å². The third-order valence-electron chi connectivity index (χ3n) is 7.10. The Morgan fingerprint density at radius 1 is 0.766 bits per heavy atom. The largest absolute Gasteiger partial charge is 0.497 e. The van der Waals surface area contributed by atoms with E-state index in [4.69, 9.17) is 16.3 Å². The van der Waals surface area contributed by atoms with Crippen LogP contribution in [-0.4, -0.2) is 63.5 Å². The number of carboxylic acids is 2. The predicted octanol–water partition coefficient (Wildman–Crippen LogP) is 5.79. The van der Waals surface area contributed by atoms with Gasteiger partial charge < -0.3 is 14.9 Å². The number of hydrogen-bond donors (Lipinski definition) is 2. The van der Waals surface area contributed by atoms with Gasteiger partial charge in [0.25, 0.3) is 10.0 Å². The highest BCUT2D eigenvalue weighted by Crippen LogP contribution is 2.41. The van der Waals surface area contributed by atoms with Gasteiger partial charge in [-0.05, 0) is 65.7 Å². The van der Waals surface area contributed by atoms with Gasteiger partial charge in [-0.2, -0.15) is 4.31 Å². The molecule has 0 radical (unpaired) electrons. The number of aliphatic carboxylic acids is 2. The molecule has 0 bridgehead atoms. The Bertz CT molecular complexity index is 2150. The predicted molar refractivity (Wildman–Crippen MR) is 179 cm³/mol.